The minimum Gasteiger partial charge on any atom is -0.378 e. The molecule has 1 saturated carbocycles. The highest BCUT2D eigenvalue weighted by Crippen LogP contribution is 2.34. The summed E-state index contributed by atoms with van der Waals surface area (Å²) in [5.74, 6) is 1.23. The van der Waals surface area contributed by atoms with Crippen molar-refractivity contribution in [3.05, 3.63) is 41.6 Å². The summed E-state index contributed by atoms with van der Waals surface area (Å²) in [7, 11) is 2.01. The Balaban J connectivity index is 1.20. The third kappa shape index (κ3) is 5.33. The molecule has 0 atom stereocenters. The molecule has 0 unspecified atom stereocenters. The summed E-state index contributed by atoms with van der Waals surface area (Å²) in [6, 6.07) is 9.19. The highest BCUT2D eigenvalue weighted by molar-refractivity contribution is 5.79. The van der Waals surface area contributed by atoms with Gasteiger partial charge in [-0.15, -0.1) is 0 Å². The van der Waals surface area contributed by atoms with E-state index >= 15 is 0 Å². The number of aryl methyl sites for hydroxylation is 1. The van der Waals surface area contributed by atoms with Crippen molar-refractivity contribution in [2.45, 2.75) is 57.4 Å². The van der Waals surface area contributed by atoms with E-state index in [-0.39, 0.29) is 5.92 Å². The Bertz CT molecular complexity index is 918. The van der Waals surface area contributed by atoms with E-state index in [0.29, 0.717) is 19.1 Å². The number of carbonyl (C=O) groups excluding carboxylic acids is 1. The van der Waals surface area contributed by atoms with Crippen molar-refractivity contribution in [2.75, 3.05) is 39.4 Å². The van der Waals surface area contributed by atoms with Gasteiger partial charge in [0.2, 0.25) is 5.91 Å². The number of ether oxygens (including phenoxy) is 1. The van der Waals surface area contributed by atoms with E-state index in [2.05, 4.69) is 35.4 Å². The summed E-state index contributed by atoms with van der Waals surface area (Å²) in [5, 5.41) is 4.81. The molecule has 1 aromatic heterocycles. The molecule has 2 aliphatic heterocycles. The lowest BCUT2D eigenvalue weighted by atomic mass is 9.84. The zero-order valence-corrected chi connectivity index (χ0v) is 20.0. The molecule has 0 N–H and O–H groups in total. The first-order chi connectivity index (χ1) is 16.2. The molecular weight excluding hydrogens is 412 g/mol. The average Bonchev–Trinajstić information content (AvgIpc) is 3.25. The number of morpholine rings is 1. The predicted octanol–water partition coefficient (Wildman–Crippen LogP) is 4.21. The lowest BCUT2D eigenvalue weighted by Crippen LogP contribution is -2.46. The molecule has 1 amide bonds. The first kappa shape index (κ1) is 22.6. The Morgan fingerprint density at radius 2 is 1.67 bits per heavy atom. The number of rotatable bonds is 5. The lowest BCUT2D eigenvalue weighted by molar-refractivity contribution is -0.141. The largest absolute Gasteiger partial charge is 0.378 e. The number of hydrogen-bond donors (Lipinski definition) is 0. The standard InChI is InChI=1S/C27H38N4O2/c1-29-19-25(20-30-13-11-24(12-14-30)27(32)31-15-17-33-18-16-31)26(28-29)23-9-7-22(8-10-23)21-5-3-2-4-6-21/h7-10,19,21,24H,2-6,11-18,20H2,1H3. The monoisotopic (exact) mass is 450 g/mol. The molecule has 1 aromatic carbocycles. The van der Waals surface area contributed by atoms with Crippen LogP contribution < -0.4 is 0 Å². The molecule has 5 rings (SSSR count). The molecule has 0 spiro atoms. The van der Waals surface area contributed by atoms with Crippen LogP contribution in [-0.4, -0.2) is 64.9 Å². The molecule has 6 heteroatoms. The minimum atomic E-state index is 0.167. The Kier molecular flexibility index (Phi) is 7.12. The first-order valence-electron chi connectivity index (χ1n) is 12.9. The van der Waals surface area contributed by atoms with Gasteiger partial charge in [0.1, 0.15) is 0 Å². The topological polar surface area (TPSA) is 50.6 Å². The second-order valence-corrected chi connectivity index (χ2v) is 10.1. The Hall–Kier alpha value is -2.18. The molecule has 1 aliphatic carbocycles. The molecule has 3 heterocycles. The molecule has 6 nitrogen and oxygen atoms in total. The van der Waals surface area contributed by atoms with E-state index in [4.69, 9.17) is 9.84 Å². The fourth-order valence-corrected chi connectivity index (χ4v) is 5.87. The van der Waals surface area contributed by atoms with Gasteiger partial charge in [-0.25, -0.2) is 0 Å². The number of piperidine rings is 1. The highest BCUT2D eigenvalue weighted by Gasteiger charge is 2.30. The van der Waals surface area contributed by atoms with E-state index in [1.54, 1.807) is 0 Å². The Morgan fingerprint density at radius 1 is 0.970 bits per heavy atom. The molecule has 0 bridgehead atoms. The summed E-state index contributed by atoms with van der Waals surface area (Å²) in [6.07, 6.45) is 10.8. The molecule has 33 heavy (non-hydrogen) atoms. The molecule has 0 radical (unpaired) electrons. The van der Waals surface area contributed by atoms with Gasteiger partial charge in [-0.2, -0.15) is 5.10 Å². The van der Waals surface area contributed by atoms with Crippen LogP contribution in [0.3, 0.4) is 0 Å². The lowest BCUT2D eigenvalue weighted by Gasteiger charge is -2.35. The number of amides is 1. The molecular formula is C27H38N4O2. The summed E-state index contributed by atoms with van der Waals surface area (Å²) < 4.78 is 7.34. The van der Waals surface area contributed by atoms with Crippen LogP contribution >= 0.6 is 0 Å². The number of likely N-dealkylation sites (tertiary alicyclic amines) is 1. The quantitative estimate of drug-likeness (QED) is 0.685. The SMILES string of the molecule is Cn1cc(CN2CCC(C(=O)N3CCOCC3)CC2)c(-c2ccc(C3CCCCC3)cc2)n1. The molecule has 2 saturated heterocycles. The number of carbonyl (C=O) groups is 1. The van der Waals surface area contributed by atoms with Gasteiger partial charge in [0.25, 0.3) is 0 Å². The van der Waals surface area contributed by atoms with Crippen molar-refractivity contribution >= 4 is 5.91 Å². The van der Waals surface area contributed by atoms with Gasteiger partial charge >= 0.3 is 0 Å². The second-order valence-electron chi connectivity index (χ2n) is 10.1. The Labute approximate surface area is 197 Å². The third-order valence-corrected chi connectivity index (χ3v) is 7.82. The zero-order valence-electron chi connectivity index (χ0n) is 20.0. The molecule has 178 valence electrons. The van der Waals surface area contributed by atoms with Crippen LogP contribution in [-0.2, 0) is 23.1 Å². The van der Waals surface area contributed by atoms with E-state index < -0.39 is 0 Å². The van der Waals surface area contributed by atoms with Gasteiger partial charge in [-0.05, 0) is 50.3 Å². The highest BCUT2D eigenvalue weighted by atomic mass is 16.5. The van der Waals surface area contributed by atoms with Crippen LogP contribution in [0.4, 0.5) is 0 Å². The summed E-state index contributed by atoms with van der Waals surface area (Å²) in [4.78, 5) is 17.3. The van der Waals surface area contributed by atoms with Crippen molar-refractivity contribution in [1.29, 1.82) is 0 Å². The van der Waals surface area contributed by atoms with E-state index in [1.807, 2.05) is 16.6 Å². The molecule has 3 aliphatic rings. The average molecular weight is 451 g/mol. The fraction of sp³-hybridized carbons (Fsp3) is 0.630. The van der Waals surface area contributed by atoms with Crippen LogP contribution in [0.2, 0.25) is 0 Å². The molecule has 3 fully saturated rings. The predicted molar refractivity (Wildman–Crippen MR) is 130 cm³/mol. The summed E-state index contributed by atoms with van der Waals surface area (Å²) in [5.41, 5.74) is 5.07. The number of aromatic nitrogens is 2. The number of benzene rings is 1. The third-order valence-electron chi connectivity index (χ3n) is 7.82. The normalized spacial score (nSPS) is 21.4. The summed E-state index contributed by atoms with van der Waals surface area (Å²) in [6.45, 7) is 5.68. The van der Waals surface area contributed by atoms with Crippen LogP contribution in [0.5, 0.6) is 0 Å². The van der Waals surface area contributed by atoms with Crippen molar-refractivity contribution < 1.29 is 9.53 Å². The first-order valence-corrected chi connectivity index (χ1v) is 12.9. The Morgan fingerprint density at radius 3 is 2.36 bits per heavy atom. The summed E-state index contributed by atoms with van der Waals surface area (Å²) >= 11 is 0. The van der Waals surface area contributed by atoms with Crippen molar-refractivity contribution in [3.8, 4) is 11.3 Å². The number of hydrogen-bond acceptors (Lipinski definition) is 4. The second kappa shape index (κ2) is 10.4. The van der Waals surface area contributed by atoms with Crippen LogP contribution in [0.15, 0.2) is 30.5 Å². The van der Waals surface area contributed by atoms with Crippen molar-refractivity contribution in [3.63, 3.8) is 0 Å². The van der Waals surface area contributed by atoms with E-state index in [1.165, 1.54) is 48.8 Å². The van der Waals surface area contributed by atoms with Crippen LogP contribution in [0, 0.1) is 5.92 Å². The van der Waals surface area contributed by atoms with Gasteiger partial charge in [-0.3, -0.25) is 14.4 Å². The van der Waals surface area contributed by atoms with Gasteiger partial charge in [0, 0.05) is 49.9 Å². The fourth-order valence-electron chi connectivity index (χ4n) is 5.87. The molecule has 2 aromatic rings. The van der Waals surface area contributed by atoms with E-state index in [9.17, 15) is 4.79 Å². The minimum absolute atomic E-state index is 0.167. The smallest absolute Gasteiger partial charge is 0.225 e. The van der Waals surface area contributed by atoms with Crippen molar-refractivity contribution in [2.24, 2.45) is 13.0 Å². The van der Waals surface area contributed by atoms with Crippen LogP contribution in [0.1, 0.15) is 62.0 Å². The maximum Gasteiger partial charge on any atom is 0.225 e. The zero-order chi connectivity index (χ0) is 22.6. The van der Waals surface area contributed by atoms with Gasteiger partial charge < -0.3 is 9.64 Å². The van der Waals surface area contributed by atoms with Gasteiger partial charge in [0.15, 0.2) is 0 Å². The number of nitrogens with zero attached hydrogens (tertiary/aromatic N) is 4. The van der Waals surface area contributed by atoms with Gasteiger partial charge in [-0.1, -0.05) is 43.5 Å². The maximum atomic E-state index is 12.8. The van der Waals surface area contributed by atoms with Crippen molar-refractivity contribution in [1.82, 2.24) is 19.6 Å². The van der Waals surface area contributed by atoms with E-state index in [0.717, 1.165) is 57.2 Å². The maximum absolute atomic E-state index is 12.8. The van der Waals surface area contributed by atoms with Crippen LogP contribution in [0.25, 0.3) is 11.3 Å². The van der Waals surface area contributed by atoms with Gasteiger partial charge in [0.05, 0.1) is 18.9 Å².